The van der Waals surface area contributed by atoms with Gasteiger partial charge in [0.05, 0.1) is 17.6 Å². The molecule has 0 spiro atoms. The van der Waals surface area contributed by atoms with Gasteiger partial charge in [-0.25, -0.2) is 0 Å². The van der Waals surface area contributed by atoms with Gasteiger partial charge in [-0.3, -0.25) is 9.89 Å². The molecule has 5 heteroatoms. The highest BCUT2D eigenvalue weighted by atomic mass is 16.1. The fraction of sp³-hybridized carbons (Fsp3) is 0.333. The van der Waals surface area contributed by atoms with E-state index in [2.05, 4.69) is 15.5 Å². The second-order valence-electron chi connectivity index (χ2n) is 4.31. The van der Waals surface area contributed by atoms with Gasteiger partial charge in [0, 0.05) is 17.1 Å². The number of nitrogens with two attached hydrogens (primary N) is 1. The maximum absolute atomic E-state index is 11.8. The van der Waals surface area contributed by atoms with Gasteiger partial charge in [0.25, 0.3) is 0 Å². The summed E-state index contributed by atoms with van der Waals surface area (Å²) < 4.78 is 0. The van der Waals surface area contributed by atoms with Crippen LogP contribution >= 0.6 is 0 Å². The lowest BCUT2D eigenvalue weighted by molar-refractivity contribution is -0.119. The number of aromatic amines is 1. The third-order valence-corrected chi connectivity index (χ3v) is 2.91. The lowest BCUT2D eigenvalue weighted by atomic mass is 10.0. The maximum atomic E-state index is 11.8. The van der Waals surface area contributed by atoms with Crippen LogP contribution in [0.5, 0.6) is 0 Å². The van der Waals surface area contributed by atoms with Crippen molar-refractivity contribution in [2.75, 3.05) is 5.32 Å². The number of nitrogens with zero attached hydrogens (tertiary/aromatic N) is 1. The summed E-state index contributed by atoms with van der Waals surface area (Å²) in [6.45, 7) is 3.64. The quantitative estimate of drug-likeness (QED) is 0.749. The summed E-state index contributed by atoms with van der Waals surface area (Å²) in [5, 5.41) is 10.6. The molecule has 0 bridgehead atoms. The molecule has 1 aromatic carbocycles. The number of fused-ring (bicyclic) bond motifs is 1. The molecule has 2 atom stereocenters. The van der Waals surface area contributed by atoms with Gasteiger partial charge in [-0.1, -0.05) is 6.92 Å². The second-order valence-corrected chi connectivity index (χ2v) is 4.31. The second kappa shape index (κ2) is 4.55. The molecule has 0 saturated carbocycles. The Hall–Kier alpha value is -1.88. The number of carbonyl (C=O) groups excluding carboxylic acids is 1. The largest absolute Gasteiger partial charge is 0.327 e. The topological polar surface area (TPSA) is 83.8 Å². The van der Waals surface area contributed by atoms with E-state index in [4.69, 9.17) is 5.73 Å². The van der Waals surface area contributed by atoms with E-state index in [1.807, 2.05) is 32.0 Å². The Bertz CT molecular complexity index is 532. The molecule has 1 heterocycles. The number of H-pyrrole nitrogens is 1. The fourth-order valence-electron chi connectivity index (χ4n) is 1.51. The molecule has 17 heavy (non-hydrogen) atoms. The molecule has 90 valence electrons. The van der Waals surface area contributed by atoms with Crippen molar-refractivity contribution in [1.29, 1.82) is 0 Å². The van der Waals surface area contributed by atoms with Crippen molar-refractivity contribution in [1.82, 2.24) is 10.2 Å². The Morgan fingerprint density at radius 3 is 2.94 bits per heavy atom. The van der Waals surface area contributed by atoms with E-state index >= 15 is 0 Å². The van der Waals surface area contributed by atoms with E-state index in [0.717, 1.165) is 16.6 Å². The van der Waals surface area contributed by atoms with E-state index in [0.29, 0.717) is 0 Å². The first kappa shape index (κ1) is 11.6. The lowest BCUT2D eigenvalue weighted by Gasteiger charge is -2.15. The van der Waals surface area contributed by atoms with Crippen molar-refractivity contribution in [3.63, 3.8) is 0 Å². The molecule has 2 unspecified atom stereocenters. The normalized spacial score (nSPS) is 14.5. The van der Waals surface area contributed by atoms with Crippen LogP contribution in [0, 0.1) is 5.92 Å². The van der Waals surface area contributed by atoms with E-state index < -0.39 is 0 Å². The number of anilines is 1. The molecule has 0 aliphatic rings. The van der Waals surface area contributed by atoms with Crippen LogP contribution in [0.4, 0.5) is 5.69 Å². The summed E-state index contributed by atoms with van der Waals surface area (Å²) in [5.41, 5.74) is 7.34. The minimum atomic E-state index is -0.215. The molecule has 1 amide bonds. The van der Waals surface area contributed by atoms with Crippen LogP contribution < -0.4 is 11.1 Å². The Balaban J connectivity index is 2.15. The van der Waals surface area contributed by atoms with Crippen molar-refractivity contribution in [2.24, 2.45) is 11.7 Å². The van der Waals surface area contributed by atoms with Gasteiger partial charge in [-0.05, 0) is 25.1 Å². The van der Waals surface area contributed by atoms with Crippen LogP contribution in [0.2, 0.25) is 0 Å². The van der Waals surface area contributed by atoms with Gasteiger partial charge in [-0.15, -0.1) is 0 Å². The predicted molar refractivity (Wildman–Crippen MR) is 67.5 cm³/mol. The molecule has 0 fully saturated rings. The van der Waals surface area contributed by atoms with Crippen LogP contribution in [0.1, 0.15) is 13.8 Å². The van der Waals surface area contributed by atoms with E-state index in [9.17, 15) is 4.79 Å². The maximum Gasteiger partial charge on any atom is 0.228 e. The molecule has 2 aromatic rings. The minimum Gasteiger partial charge on any atom is -0.327 e. The highest BCUT2D eigenvalue weighted by Crippen LogP contribution is 2.17. The van der Waals surface area contributed by atoms with E-state index in [-0.39, 0.29) is 17.9 Å². The first-order valence-electron chi connectivity index (χ1n) is 5.57. The van der Waals surface area contributed by atoms with Gasteiger partial charge in [0.1, 0.15) is 0 Å². The molecule has 4 N–H and O–H groups in total. The van der Waals surface area contributed by atoms with Crippen molar-refractivity contribution < 1.29 is 4.79 Å². The number of aromatic nitrogens is 2. The Labute approximate surface area is 99.4 Å². The zero-order valence-corrected chi connectivity index (χ0v) is 9.90. The molecule has 0 aliphatic carbocycles. The zero-order valence-electron chi connectivity index (χ0n) is 9.90. The number of amides is 1. The van der Waals surface area contributed by atoms with Crippen molar-refractivity contribution in [2.45, 2.75) is 19.9 Å². The standard InChI is InChI=1S/C12H16N4O/c1-7(8(2)13)12(17)15-10-4-3-9-6-14-16-11(9)5-10/h3-8H,13H2,1-2H3,(H,14,16)(H,15,17). The third-order valence-electron chi connectivity index (χ3n) is 2.91. The highest BCUT2D eigenvalue weighted by molar-refractivity contribution is 5.94. The van der Waals surface area contributed by atoms with Gasteiger partial charge in [-0.2, -0.15) is 5.10 Å². The minimum absolute atomic E-state index is 0.0705. The number of hydrogen-bond donors (Lipinski definition) is 3. The van der Waals surface area contributed by atoms with Crippen molar-refractivity contribution >= 4 is 22.5 Å². The first-order valence-corrected chi connectivity index (χ1v) is 5.57. The molecule has 0 aliphatic heterocycles. The number of nitrogens with one attached hydrogen (secondary N) is 2. The summed E-state index contributed by atoms with van der Waals surface area (Å²) in [7, 11) is 0. The molecule has 2 rings (SSSR count). The Morgan fingerprint density at radius 2 is 2.24 bits per heavy atom. The first-order chi connectivity index (χ1) is 8.08. The number of carbonyl (C=O) groups is 1. The van der Waals surface area contributed by atoms with Gasteiger partial charge in [0.15, 0.2) is 0 Å². The molecule has 0 radical (unpaired) electrons. The Morgan fingerprint density at radius 1 is 1.47 bits per heavy atom. The summed E-state index contributed by atoms with van der Waals surface area (Å²) in [6.07, 6.45) is 1.74. The smallest absolute Gasteiger partial charge is 0.228 e. The number of benzene rings is 1. The van der Waals surface area contributed by atoms with Crippen LogP contribution in [-0.4, -0.2) is 22.1 Å². The zero-order chi connectivity index (χ0) is 12.4. The van der Waals surface area contributed by atoms with Crippen LogP contribution in [0.3, 0.4) is 0 Å². The summed E-state index contributed by atoms with van der Waals surface area (Å²) >= 11 is 0. The molecular formula is C12H16N4O. The van der Waals surface area contributed by atoms with Crippen molar-refractivity contribution in [3.8, 4) is 0 Å². The average molecular weight is 232 g/mol. The predicted octanol–water partition coefficient (Wildman–Crippen LogP) is 1.48. The van der Waals surface area contributed by atoms with E-state index in [1.165, 1.54) is 0 Å². The number of hydrogen-bond acceptors (Lipinski definition) is 3. The van der Waals surface area contributed by atoms with Crippen LogP contribution in [0.15, 0.2) is 24.4 Å². The molecule has 0 saturated heterocycles. The fourth-order valence-corrected chi connectivity index (χ4v) is 1.51. The van der Waals surface area contributed by atoms with Gasteiger partial charge >= 0.3 is 0 Å². The number of rotatable bonds is 3. The van der Waals surface area contributed by atoms with Crippen LogP contribution in [-0.2, 0) is 4.79 Å². The van der Waals surface area contributed by atoms with Gasteiger partial charge in [0.2, 0.25) is 5.91 Å². The molecular weight excluding hydrogens is 216 g/mol. The Kier molecular flexibility index (Phi) is 3.10. The van der Waals surface area contributed by atoms with Crippen molar-refractivity contribution in [3.05, 3.63) is 24.4 Å². The monoisotopic (exact) mass is 232 g/mol. The van der Waals surface area contributed by atoms with E-state index in [1.54, 1.807) is 6.20 Å². The lowest BCUT2D eigenvalue weighted by Crippen LogP contribution is -2.34. The van der Waals surface area contributed by atoms with Crippen LogP contribution in [0.25, 0.3) is 10.9 Å². The molecule has 5 nitrogen and oxygen atoms in total. The SMILES string of the molecule is CC(N)C(C)C(=O)Nc1ccc2cn[nH]c2c1. The molecule has 1 aromatic heterocycles. The summed E-state index contributed by atoms with van der Waals surface area (Å²) in [5.74, 6) is -0.286. The highest BCUT2D eigenvalue weighted by Gasteiger charge is 2.17. The average Bonchev–Trinajstić information content (AvgIpc) is 2.74. The van der Waals surface area contributed by atoms with Gasteiger partial charge < -0.3 is 11.1 Å². The summed E-state index contributed by atoms with van der Waals surface area (Å²) in [6, 6.07) is 5.45. The third kappa shape index (κ3) is 2.45. The summed E-state index contributed by atoms with van der Waals surface area (Å²) in [4.78, 5) is 11.8.